The predicted molar refractivity (Wildman–Crippen MR) is 72.8 cm³/mol. The molecule has 0 N–H and O–H groups in total. The summed E-state index contributed by atoms with van der Waals surface area (Å²) in [4.78, 5) is 19.7. The number of carbonyl (C=O) groups excluding carboxylic acids is 1. The minimum atomic E-state index is -5.04. The van der Waals surface area contributed by atoms with Crippen LogP contribution in [0.5, 0.6) is 5.75 Å². The zero-order valence-electron chi connectivity index (χ0n) is 11.4. The maximum Gasteiger partial charge on any atom is 0.573 e. The molecule has 0 radical (unpaired) electrons. The van der Waals surface area contributed by atoms with Gasteiger partial charge in [0.25, 0.3) is 0 Å². The molecule has 0 saturated heterocycles. The first kappa shape index (κ1) is 17.1. The first-order valence-corrected chi connectivity index (χ1v) is 6.67. The van der Waals surface area contributed by atoms with E-state index in [1.54, 1.807) is 0 Å². The van der Waals surface area contributed by atoms with Crippen LogP contribution in [0.25, 0.3) is 0 Å². The molecule has 0 aliphatic carbocycles. The summed E-state index contributed by atoms with van der Waals surface area (Å²) in [6.45, 7) is 0. The lowest BCUT2D eigenvalue weighted by atomic mass is 10.1. The van der Waals surface area contributed by atoms with Crippen molar-refractivity contribution in [3.05, 3.63) is 52.8 Å². The average Bonchev–Trinajstić information content (AvgIpc) is 2.47. The minimum Gasteiger partial charge on any atom is -0.403 e. The van der Waals surface area contributed by atoms with Crippen LogP contribution < -0.4 is 4.74 Å². The SMILES string of the molecule is O=C(CCc1cnc(Cl)cn1)c1ccc(F)c(OC(F)(F)F)c1. The molecule has 0 atom stereocenters. The fourth-order valence-electron chi connectivity index (χ4n) is 1.73. The Labute approximate surface area is 133 Å². The van der Waals surface area contributed by atoms with E-state index in [0.29, 0.717) is 5.69 Å². The van der Waals surface area contributed by atoms with E-state index >= 15 is 0 Å². The van der Waals surface area contributed by atoms with Crippen LogP contribution in [0.4, 0.5) is 17.6 Å². The van der Waals surface area contributed by atoms with Gasteiger partial charge in [0.1, 0.15) is 5.15 Å². The largest absolute Gasteiger partial charge is 0.573 e. The number of ether oxygens (including phenoxy) is 1. The molecule has 2 aromatic rings. The summed E-state index contributed by atoms with van der Waals surface area (Å²) in [6, 6.07) is 2.56. The third kappa shape index (κ3) is 5.17. The van der Waals surface area contributed by atoms with Crippen LogP contribution in [0.3, 0.4) is 0 Å². The molecule has 0 aliphatic rings. The molecule has 4 nitrogen and oxygen atoms in total. The molecule has 0 bridgehead atoms. The van der Waals surface area contributed by atoms with Crippen LogP contribution in [0.1, 0.15) is 22.5 Å². The van der Waals surface area contributed by atoms with Crippen molar-refractivity contribution in [3.8, 4) is 5.75 Å². The van der Waals surface area contributed by atoms with Gasteiger partial charge in [0.2, 0.25) is 0 Å². The Morgan fingerprint density at radius 2 is 1.96 bits per heavy atom. The van der Waals surface area contributed by atoms with Gasteiger partial charge in [0.05, 0.1) is 18.1 Å². The lowest BCUT2D eigenvalue weighted by Gasteiger charge is -2.10. The molecule has 1 heterocycles. The third-order valence-corrected chi connectivity index (χ3v) is 2.96. The third-order valence-electron chi connectivity index (χ3n) is 2.76. The van der Waals surface area contributed by atoms with Gasteiger partial charge in [0.15, 0.2) is 17.3 Å². The summed E-state index contributed by atoms with van der Waals surface area (Å²) in [5.41, 5.74) is 0.407. The van der Waals surface area contributed by atoms with Crippen LogP contribution >= 0.6 is 11.6 Å². The van der Waals surface area contributed by atoms with Gasteiger partial charge < -0.3 is 4.74 Å². The number of hydrogen-bond donors (Lipinski definition) is 0. The number of hydrogen-bond acceptors (Lipinski definition) is 4. The fourth-order valence-corrected chi connectivity index (χ4v) is 1.83. The predicted octanol–water partition coefficient (Wildman–Crippen LogP) is 3.98. The van der Waals surface area contributed by atoms with Gasteiger partial charge >= 0.3 is 6.36 Å². The number of Topliss-reactive ketones (excluding diaryl/α,β-unsaturated/α-hetero) is 1. The van der Waals surface area contributed by atoms with Crippen LogP contribution in [-0.4, -0.2) is 22.1 Å². The van der Waals surface area contributed by atoms with Gasteiger partial charge in [-0.3, -0.25) is 9.78 Å². The van der Waals surface area contributed by atoms with Crippen molar-refractivity contribution in [2.24, 2.45) is 0 Å². The van der Waals surface area contributed by atoms with Crippen molar-refractivity contribution in [2.45, 2.75) is 19.2 Å². The molecule has 1 aromatic carbocycles. The Kier molecular flexibility index (Phi) is 5.15. The lowest BCUT2D eigenvalue weighted by Crippen LogP contribution is -2.18. The zero-order chi connectivity index (χ0) is 17.0. The number of halogens is 5. The number of carbonyl (C=O) groups is 1. The lowest BCUT2D eigenvalue weighted by molar-refractivity contribution is -0.275. The van der Waals surface area contributed by atoms with Gasteiger partial charge in [-0.25, -0.2) is 9.37 Å². The molecule has 0 spiro atoms. The molecule has 0 unspecified atom stereocenters. The highest BCUT2D eigenvalue weighted by molar-refractivity contribution is 6.29. The average molecular weight is 349 g/mol. The van der Waals surface area contributed by atoms with E-state index in [1.165, 1.54) is 12.4 Å². The first-order valence-electron chi connectivity index (χ1n) is 6.29. The van der Waals surface area contributed by atoms with E-state index < -0.39 is 23.7 Å². The number of benzene rings is 1. The van der Waals surface area contributed by atoms with E-state index in [-0.39, 0.29) is 23.6 Å². The normalized spacial score (nSPS) is 11.3. The van der Waals surface area contributed by atoms with E-state index in [9.17, 15) is 22.4 Å². The summed E-state index contributed by atoms with van der Waals surface area (Å²) in [5, 5.41) is 0.201. The van der Waals surface area contributed by atoms with Crippen molar-refractivity contribution in [2.75, 3.05) is 0 Å². The number of ketones is 1. The Hall–Kier alpha value is -2.22. The van der Waals surface area contributed by atoms with Gasteiger partial charge in [-0.1, -0.05) is 11.6 Å². The van der Waals surface area contributed by atoms with Crippen LogP contribution in [-0.2, 0) is 6.42 Å². The van der Waals surface area contributed by atoms with E-state index in [2.05, 4.69) is 14.7 Å². The van der Waals surface area contributed by atoms with Gasteiger partial charge in [-0.2, -0.15) is 0 Å². The maximum atomic E-state index is 13.3. The second kappa shape index (κ2) is 6.91. The standard InChI is InChI=1S/C14H9ClF4N2O2/c15-13-7-20-9(6-21-13)2-4-11(22)8-1-3-10(16)12(5-8)23-14(17,18)19/h1,3,5-7H,2,4H2. The molecule has 23 heavy (non-hydrogen) atoms. The van der Waals surface area contributed by atoms with Gasteiger partial charge in [-0.15, -0.1) is 13.2 Å². The molecule has 0 aliphatic heterocycles. The van der Waals surface area contributed by atoms with Crippen molar-refractivity contribution >= 4 is 17.4 Å². The van der Waals surface area contributed by atoms with E-state index in [0.717, 1.165) is 18.2 Å². The van der Waals surface area contributed by atoms with Gasteiger partial charge in [-0.05, 0) is 24.6 Å². The first-order chi connectivity index (χ1) is 10.7. The molecule has 2 rings (SSSR count). The summed E-state index contributed by atoms with van der Waals surface area (Å²) in [5.74, 6) is -2.73. The van der Waals surface area contributed by atoms with E-state index in [4.69, 9.17) is 11.6 Å². The fraction of sp³-hybridized carbons (Fsp3) is 0.214. The van der Waals surface area contributed by atoms with Crippen LogP contribution in [0, 0.1) is 5.82 Å². The summed E-state index contributed by atoms with van der Waals surface area (Å²) >= 11 is 5.57. The van der Waals surface area contributed by atoms with E-state index in [1.807, 2.05) is 0 Å². The number of alkyl halides is 3. The number of nitrogens with zero attached hydrogens (tertiary/aromatic N) is 2. The molecular weight excluding hydrogens is 340 g/mol. The topological polar surface area (TPSA) is 52.1 Å². The van der Waals surface area contributed by atoms with Crippen molar-refractivity contribution < 1.29 is 27.1 Å². The Morgan fingerprint density at radius 3 is 2.57 bits per heavy atom. The van der Waals surface area contributed by atoms with Crippen molar-refractivity contribution in [1.29, 1.82) is 0 Å². The molecular formula is C14H9ClF4N2O2. The maximum absolute atomic E-state index is 13.3. The molecule has 9 heteroatoms. The van der Waals surface area contributed by atoms with Crippen molar-refractivity contribution in [3.63, 3.8) is 0 Å². The van der Waals surface area contributed by atoms with Crippen LogP contribution in [0.15, 0.2) is 30.6 Å². The summed E-state index contributed by atoms with van der Waals surface area (Å²) < 4.78 is 53.3. The number of aryl methyl sites for hydroxylation is 1. The zero-order valence-corrected chi connectivity index (χ0v) is 12.2. The second-order valence-electron chi connectivity index (χ2n) is 4.45. The highest BCUT2D eigenvalue weighted by Gasteiger charge is 2.32. The Balaban J connectivity index is 2.07. The molecule has 122 valence electrons. The second-order valence-corrected chi connectivity index (χ2v) is 4.83. The number of rotatable bonds is 5. The monoisotopic (exact) mass is 348 g/mol. The Morgan fingerprint density at radius 1 is 1.22 bits per heavy atom. The molecule has 0 saturated carbocycles. The highest BCUT2D eigenvalue weighted by Crippen LogP contribution is 2.27. The summed E-state index contributed by atoms with van der Waals surface area (Å²) in [7, 11) is 0. The van der Waals surface area contributed by atoms with Crippen LogP contribution in [0.2, 0.25) is 5.15 Å². The minimum absolute atomic E-state index is 0.0343. The molecule has 0 amide bonds. The Bertz CT molecular complexity index is 705. The van der Waals surface area contributed by atoms with Gasteiger partial charge in [0, 0.05) is 12.0 Å². The number of aromatic nitrogens is 2. The molecule has 1 aromatic heterocycles. The van der Waals surface area contributed by atoms with Crippen molar-refractivity contribution in [1.82, 2.24) is 9.97 Å². The highest BCUT2D eigenvalue weighted by atomic mass is 35.5. The molecule has 0 fully saturated rings. The summed E-state index contributed by atoms with van der Waals surface area (Å²) in [6.07, 6.45) is -2.16. The smallest absolute Gasteiger partial charge is 0.403 e. The quantitative estimate of drug-likeness (QED) is 0.606.